The number of fused-ring (bicyclic) bond motifs is 1. The Hall–Kier alpha value is -3.03. The third kappa shape index (κ3) is 4.36. The molecule has 0 radical (unpaired) electrons. The molecule has 0 amide bonds. The summed E-state index contributed by atoms with van der Waals surface area (Å²) in [4.78, 5) is 10.9. The van der Waals surface area contributed by atoms with Crippen molar-refractivity contribution < 1.29 is 37.3 Å². The highest BCUT2D eigenvalue weighted by Gasteiger charge is 2.31. The van der Waals surface area contributed by atoms with E-state index in [0.29, 0.717) is 11.1 Å². The number of rotatable bonds is 5. The molecule has 0 saturated carbocycles. The zero-order chi connectivity index (χ0) is 21.3. The molecule has 4 nitrogen and oxygen atoms in total. The van der Waals surface area contributed by atoms with Crippen molar-refractivity contribution in [2.45, 2.75) is 19.5 Å². The van der Waals surface area contributed by atoms with Gasteiger partial charge in [0.1, 0.15) is 12.4 Å². The average Bonchev–Trinajstić information content (AvgIpc) is 2.93. The van der Waals surface area contributed by atoms with E-state index in [2.05, 4.69) is 5.73 Å². The Morgan fingerprint density at radius 3 is 2.69 bits per heavy atom. The number of carboxylic acids is 1. The quantitative estimate of drug-likeness (QED) is 0.504. The molecule has 1 aliphatic rings. The molecular formula is C20H14F4O4S. The van der Waals surface area contributed by atoms with Crippen molar-refractivity contribution in [3.63, 3.8) is 0 Å². The molecule has 1 aromatic heterocycles. The summed E-state index contributed by atoms with van der Waals surface area (Å²) < 4.78 is 58.7. The summed E-state index contributed by atoms with van der Waals surface area (Å²) in [5.41, 5.74) is 2.68. The molecule has 2 aromatic rings. The number of ether oxygens (including phenoxy) is 1. The largest absolute Gasteiger partial charge is 0.507 e. The number of phenols is 1. The molecule has 0 spiro atoms. The molecule has 29 heavy (non-hydrogen) atoms. The molecule has 1 aliphatic carbocycles. The van der Waals surface area contributed by atoms with Gasteiger partial charge in [0.15, 0.2) is 11.6 Å². The first-order chi connectivity index (χ1) is 13.6. The molecule has 0 aliphatic heterocycles. The Balaban J connectivity index is 1.89. The number of aromatic hydroxyl groups is 1. The van der Waals surface area contributed by atoms with Crippen LogP contribution in [0.5, 0.6) is 11.5 Å². The standard InChI is InChI=1S/C20H14F4O4S/c1-10-2-4-13(20(22,23)24)5-3-11(10)8-28-15-7-14(25)17-12(6-16(26)27)9-29-19(17)18(15)21/h3-5,7,9,25H,6,8H2,1H3,(H,26,27). The van der Waals surface area contributed by atoms with Crippen LogP contribution in [0, 0.1) is 5.82 Å². The summed E-state index contributed by atoms with van der Waals surface area (Å²) in [5, 5.41) is 20.7. The first-order valence-corrected chi connectivity index (χ1v) is 9.13. The SMILES string of the molecule is CC1=C=CC(C(F)(F)F)=CC=C1COc1cc(O)c2c(CC(=O)O)csc2c1F. The highest BCUT2D eigenvalue weighted by Crippen LogP contribution is 2.40. The lowest BCUT2D eigenvalue weighted by Crippen LogP contribution is -2.09. The molecule has 152 valence electrons. The number of allylic oxidation sites excluding steroid dienone is 3. The minimum atomic E-state index is -4.52. The van der Waals surface area contributed by atoms with Gasteiger partial charge in [-0.1, -0.05) is 6.08 Å². The summed E-state index contributed by atoms with van der Waals surface area (Å²) in [7, 11) is 0. The Bertz CT molecular complexity index is 1120. The van der Waals surface area contributed by atoms with E-state index in [0.717, 1.165) is 29.6 Å². The van der Waals surface area contributed by atoms with Gasteiger partial charge in [0.05, 0.1) is 16.7 Å². The van der Waals surface area contributed by atoms with Crippen LogP contribution in [0.4, 0.5) is 17.6 Å². The molecule has 3 rings (SSSR count). The summed E-state index contributed by atoms with van der Waals surface area (Å²) in [5.74, 6) is -2.53. The van der Waals surface area contributed by atoms with Gasteiger partial charge in [-0.2, -0.15) is 13.2 Å². The summed E-state index contributed by atoms with van der Waals surface area (Å²) >= 11 is 0.929. The lowest BCUT2D eigenvalue weighted by molar-refractivity contribution is -0.136. The second kappa shape index (κ2) is 7.77. The van der Waals surface area contributed by atoms with Gasteiger partial charge in [0.2, 0.25) is 0 Å². The Labute approximate surface area is 166 Å². The van der Waals surface area contributed by atoms with E-state index in [1.807, 2.05) is 0 Å². The van der Waals surface area contributed by atoms with Crippen molar-refractivity contribution in [1.29, 1.82) is 0 Å². The van der Waals surface area contributed by atoms with Gasteiger partial charge >= 0.3 is 12.1 Å². The van der Waals surface area contributed by atoms with Gasteiger partial charge in [-0.3, -0.25) is 4.79 Å². The number of hydrogen-bond donors (Lipinski definition) is 2. The molecule has 2 N–H and O–H groups in total. The predicted molar refractivity (Wildman–Crippen MR) is 99.8 cm³/mol. The van der Waals surface area contributed by atoms with Crippen LogP contribution < -0.4 is 4.74 Å². The van der Waals surface area contributed by atoms with Crippen LogP contribution in [0.3, 0.4) is 0 Å². The monoisotopic (exact) mass is 426 g/mol. The van der Waals surface area contributed by atoms with E-state index < -0.39 is 23.5 Å². The number of benzene rings is 1. The van der Waals surface area contributed by atoms with E-state index in [9.17, 15) is 27.5 Å². The summed E-state index contributed by atoms with van der Waals surface area (Å²) in [6.45, 7) is 1.30. The number of aliphatic carboxylic acids is 1. The Kier molecular flexibility index (Phi) is 5.55. The van der Waals surface area contributed by atoms with Crippen molar-refractivity contribution in [2.75, 3.05) is 6.61 Å². The third-order valence-electron chi connectivity index (χ3n) is 4.25. The molecule has 1 aromatic carbocycles. The molecule has 0 unspecified atom stereocenters. The molecule has 0 saturated heterocycles. The topological polar surface area (TPSA) is 66.8 Å². The second-order valence-corrected chi connectivity index (χ2v) is 7.14. The van der Waals surface area contributed by atoms with Crippen LogP contribution in [0.25, 0.3) is 10.1 Å². The van der Waals surface area contributed by atoms with Gasteiger partial charge in [0, 0.05) is 11.5 Å². The number of phenolic OH excluding ortho intramolecular Hbond substituents is 1. The fourth-order valence-corrected chi connectivity index (χ4v) is 3.75. The van der Waals surface area contributed by atoms with E-state index in [1.165, 1.54) is 11.5 Å². The second-order valence-electron chi connectivity index (χ2n) is 6.26. The lowest BCUT2D eigenvalue weighted by Gasteiger charge is -2.11. The first-order valence-electron chi connectivity index (χ1n) is 8.25. The number of thiophene rings is 1. The minimum absolute atomic E-state index is 0.0394. The number of carbonyl (C=O) groups is 1. The summed E-state index contributed by atoms with van der Waals surface area (Å²) in [6, 6.07) is 1.03. The summed E-state index contributed by atoms with van der Waals surface area (Å²) in [6.07, 6.45) is -1.95. The number of hydrogen-bond acceptors (Lipinski definition) is 4. The fourth-order valence-electron chi connectivity index (χ4n) is 2.74. The molecule has 0 atom stereocenters. The van der Waals surface area contributed by atoms with E-state index >= 15 is 0 Å². The van der Waals surface area contributed by atoms with Gasteiger partial charge in [-0.15, -0.1) is 17.1 Å². The lowest BCUT2D eigenvalue weighted by atomic mass is 10.1. The Morgan fingerprint density at radius 1 is 1.31 bits per heavy atom. The van der Waals surface area contributed by atoms with Crippen LogP contribution in [-0.4, -0.2) is 29.0 Å². The maximum absolute atomic E-state index is 14.8. The fraction of sp³-hybridized carbons (Fsp3) is 0.200. The highest BCUT2D eigenvalue weighted by molar-refractivity contribution is 7.17. The van der Waals surface area contributed by atoms with Crippen molar-refractivity contribution in [3.8, 4) is 11.5 Å². The molecule has 1 heterocycles. The van der Waals surface area contributed by atoms with Gasteiger partial charge < -0.3 is 14.9 Å². The molecule has 0 fully saturated rings. The molecule has 0 bridgehead atoms. The average molecular weight is 426 g/mol. The van der Waals surface area contributed by atoms with Gasteiger partial charge in [-0.25, -0.2) is 4.39 Å². The normalized spacial score (nSPS) is 14.3. The highest BCUT2D eigenvalue weighted by atomic mass is 32.1. The van der Waals surface area contributed by atoms with Crippen molar-refractivity contribution in [2.24, 2.45) is 0 Å². The smallest absolute Gasteiger partial charge is 0.417 e. The van der Waals surface area contributed by atoms with Gasteiger partial charge in [-0.05, 0) is 41.2 Å². The van der Waals surface area contributed by atoms with Gasteiger partial charge in [0.25, 0.3) is 0 Å². The van der Waals surface area contributed by atoms with Crippen LogP contribution >= 0.6 is 11.3 Å². The Morgan fingerprint density at radius 2 is 2.03 bits per heavy atom. The van der Waals surface area contributed by atoms with E-state index in [-0.39, 0.29) is 40.2 Å². The van der Waals surface area contributed by atoms with Crippen LogP contribution in [0.1, 0.15) is 12.5 Å². The van der Waals surface area contributed by atoms with Crippen molar-refractivity contribution >= 4 is 27.4 Å². The predicted octanol–water partition coefficient (Wildman–Crippen LogP) is 5.28. The van der Waals surface area contributed by atoms with E-state index in [1.54, 1.807) is 6.92 Å². The first kappa shape index (κ1) is 20.7. The van der Waals surface area contributed by atoms with Crippen molar-refractivity contribution in [1.82, 2.24) is 0 Å². The zero-order valence-electron chi connectivity index (χ0n) is 14.9. The number of halogens is 4. The molecular weight excluding hydrogens is 412 g/mol. The van der Waals surface area contributed by atoms with Crippen LogP contribution in [-0.2, 0) is 11.2 Å². The zero-order valence-corrected chi connectivity index (χ0v) is 15.7. The maximum Gasteiger partial charge on any atom is 0.417 e. The van der Waals surface area contributed by atoms with E-state index in [4.69, 9.17) is 9.84 Å². The third-order valence-corrected chi connectivity index (χ3v) is 5.27. The molecule has 9 heteroatoms. The number of carboxylic acid groups (broad SMARTS) is 1. The minimum Gasteiger partial charge on any atom is -0.507 e. The number of alkyl halides is 3. The van der Waals surface area contributed by atoms with Crippen molar-refractivity contribution in [3.05, 3.63) is 63.5 Å². The van der Waals surface area contributed by atoms with Crippen LogP contribution in [0.15, 0.2) is 52.1 Å². The maximum atomic E-state index is 14.8. The van der Waals surface area contributed by atoms with Crippen LogP contribution in [0.2, 0.25) is 0 Å².